The Morgan fingerprint density at radius 3 is 2.43 bits per heavy atom. The van der Waals surface area contributed by atoms with Crippen LogP contribution in [0.1, 0.15) is 38.5 Å². The molecule has 0 aromatic carbocycles. The standard InChI is InChI=1S/C14H25N3O4/c1-16(13(20)15-17-7-9-21-10-8-17)14(11-12(18)19)5-3-2-4-6-14/h2-11H2,1H3,(H,15,20)(H,18,19). The van der Waals surface area contributed by atoms with Gasteiger partial charge in [-0.3, -0.25) is 10.2 Å². The molecule has 1 saturated carbocycles. The normalized spacial score (nSPS) is 22.5. The molecule has 2 amide bonds. The van der Waals surface area contributed by atoms with Gasteiger partial charge in [0.2, 0.25) is 0 Å². The molecule has 2 fully saturated rings. The summed E-state index contributed by atoms with van der Waals surface area (Å²) in [5.74, 6) is -0.845. The zero-order valence-electron chi connectivity index (χ0n) is 12.6. The molecule has 7 nitrogen and oxygen atoms in total. The zero-order chi connectivity index (χ0) is 15.3. The average molecular weight is 299 g/mol. The highest BCUT2D eigenvalue weighted by atomic mass is 16.5. The van der Waals surface area contributed by atoms with Crippen molar-refractivity contribution in [1.29, 1.82) is 0 Å². The molecule has 2 N–H and O–H groups in total. The number of hydrazine groups is 1. The second-order valence-electron chi connectivity index (χ2n) is 5.93. The lowest BCUT2D eigenvalue weighted by Crippen LogP contribution is -2.59. The number of hydrogen-bond acceptors (Lipinski definition) is 4. The number of urea groups is 1. The van der Waals surface area contributed by atoms with Crippen molar-refractivity contribution in [1.82, 2.24) is 15.3 Å². The molecule has 0 aromatic rings. The van der Waals surface area contributed by atoms with Crippen LogP contribution in [0.15, 0.2) is 0 Å². The molecule has 2 rings (SSSR count). The predicted molar refractivity (Wildman–Crippen MR) is 76.8 cm³/mol. The molecule has 0 bridgehead atoms. The second-order valence-corrected chi connectivity index (χ2v) is 5.93. The number of hydrogen-bond donors (Lipinski definition) is 2. The summed E-state index contributed by atoms with van der Waals surface area (Å²) in [6.45, 7) is 2.52. The van der Waals surface area contributed by atoms with Crippen LogP contribution >= 0.6 is 0 Å². The van der Waals surface area contributed by atoms with Gasteiger partial charge in [0, 0.05) is 20.1 Å². The van der Waals surface area contributed by atoms with Crippen LogP contribution in [0, 0.1) is 0 Å². The summed E-state index contributed by atoms with van der Waals surface area (Å²) in [5.41, 5.74) is 2.31. The quantitative estimate of drug-likeness (QED) is 0.811. The van der Waals surface area contributed by atoms with Crippen LogP contribution in [-0.2, 0) is 9.53 Å². The average Bonchev–Trinajstić information content (AvgIpc) is 2.47. The summed E-state index contributed by atoms with van der Waals surface area (Å²) in [5, 5.41) is 11.0. The molecule has 0 unspecified atom stereocenters. The summed E-state index contributed by atoms with van der Waals surface area (Å²) in [4.78, 5) is 25.2. The fourth-order valence-corrected chi connectivity index (χ4v) is 3.22. The fourth-order valence-electron chi connectivity index (χ4n) is 3.22. The molecule has 0 atom stereocenters. The Morgan fingerprint density at radius 1 is 1.24 bits per heavy atom. The van der Waals surface area contributed by atoms with Gasteiger partial charge in [-0.05, 0) is 12.8 Å². The third-order valence-corrected chi connectivity index (χ3v) is 4.55. The van der Waals surface area contributed by atoms with Crippen molar-refractivity contribution in [2.45, 2.75) is 44.1 Å². The number of carbonyl (C=O) groups is 2. The van der Waals surface area contributed by atoms with Crippen molar-refractivity contribution in [2.75, 3.05) is 33.4 Å². The van der Waals surface area contributed by atoms with E-state index in [1.54, 1.807) is 11.9 Å². The van der Waals surface area contributed by atoms with Gasteiger partial charge in [-0.2, -0.15) is 0 Å². The van der Waals surface area contributed by atoms with Gasteiger partial charge in [-0.25, -0.2) is 9.80 Å². The molecule has 1 aliphatic carbocycles. The number of carbonyl (C=O) groups excluding carboxylic acids is 1. The number of nitrogens with one attached hydrogen (secondary N) is 1. The summed E-state index contributed by atoms with van der Waals surface area (Å²) in [6, 6.07) is -0.222. The van der Waals surface area contributed by atoms with Crippen molar-refractivity contribution >= 4 is 12.0 Å². The third kappa shape index (κ3) is 4.07. The van der Waals surface area contributed by atoms with E-state index in [-0.39, 0.29) is 12.5 Å². The van der Waals surface area contributed by atoms with Crippen molar-refractivity contribution in [3.05, 3.63) is 0 Å². The smallest absolute Gasteiger partial charge is 0.332 e. The highest BCUT2D eigenvalue weighted by molar-refractivity contribution is 5.76. The molecule has 1 heterocycles. The monoisotopic (exact) mass is 299 g/mol. The topological polar surface area (TPSA) is 82.1 Å². The van der Waals surface area contributed by atoms with E-state index >= 15 is 0 Å². The Hall–Kier alpha value is -1.34. The van der Waals surface area contributed by atoms with Crippen LogP contribution in [0.25, 0.3) is 0 Å². The maximum Gasteiger partial charge on any atom is 0.332 e. The first-order chi connectivity index (χ1) is 10.0. The molecule has 7 heteroatoms. The van der Waals surface area contributed by atoms with E-state index in [0.717, 1.165) is 32.1 Å². The van der Waals surface area contributed by atoms with E-state index < -0.39 is 11.5 Å². The molecular weight excluding hydrogens is 274 g/mol. The molecule has 120 valence electrons. The van der Waals surface area contributed by atoms with Crippen LogP contribution in [0.2, 0.25) is 0 Å². The zero-order valence-corrected chi connectivity index (χ0v) is 12.6. The molecule has 1 saturated heterocycles. The van der Waals surface area contributed by atoms with Gasteiger partial charge >= 0.3 is 12.0 Å². The number of ether oxygens (including phenoxy) is 1. The van der Waals surface area contributed by atoms with Crippen LogP contribution in [-0.4, -0.2) is 65.9 Å². The minimum Gasteiger partial charge on any atom is -0.481 e. The number of carboxylic acid groups (broad SMARTS) is 1. The molecular formula is C14H25N3O4. The molecule has 1 aliphatic heterocycles. The first-order valence-electron chi connectivity index (χ1n) is 7.62. The molecule has 21 heavy (non-hydrogen) atoms. The van der Waals surface area contributed by atoms with Crippen LogP contribution in [0.3, 0.4) is 0 Å². The number of rotatable bonds is 4. The Labute approximate surface area is 125 Å². The predicted octanol–water partition coefficient (Wildman–Crippen LogP) is 1.05. The van der Waals surface area contributed by atoms with Gasteiger partial charge in [0.25, 0.3) is 0 Å². The molecule has 2 aliphatic rings. The van der Waals surface area contributed by atoms with E-state index in [4.69, 9.17) is 4.74 Å². The van der Waals surface area contributed by atoms with E-state index in [1.165, 1.54) is 0 Å². The van der Waals surface area contributed by atoms with Crippen molar-refractivity contribution in [2.24, 2.45) is 0 Å². The van der Waals surface area contributed by atoms with Gasteiger partial charge in [-0.1, -0.05) is 19.3 Å². The maximum absolute atomic E-state index is 12.4. The van der Waals surface area contributed by atoms with E-state index in [9.17, 15) is 14.7 Å². The molecule has 0 radical (unpaired) electrons. The van der Waals surface area contributed by atoms with Crippen LogP contribution < -0.4 is 5.43 Å². The lowest BCUT2D eigenvalue weighted by atomic mass is 9.78. The van der Waals surface area contributed by atoms with Gasteiger partial charge in [0.15, 0.2) is 0 Å². The summed E-state index contributed by atoms with van der Waals surface area (Å²) in [6.07, 6.45) is 4.59. The highest BCUT2D eigenvalue weighted by Crippen LogP contribution is 2.35. The molecule has 0 spiro atoms. The fraction of sp³-hybridized carbons (Fsp3) is 0.857. The Morgan fingerprint density at radius 2 is 1.86 bits per heavy atom. The minimum atomic E-state index is -0.845. The third-order valence-electron chi connectivity index (χ3n) is 4.55. The lowest BCUT2D eigenvalue weighted by molar-refractivity contribution is -0.140. The second kappa shape index (κ2) is 7.09. The van der Waals surface area contributed by atoms with Crippen LogP contribution in [0.4, 0.5) is 4.79 Å². The van der Waals surface area contributed by atoms with Gasteiger partial charge in [0.05, 0.1) is 25.2 Å². The van der Waals surface area contributed by atoms with Crippen molar-refractivity contribution in [3.63, 3.8) is 0 Å². The largest absolute Gasteiger partial charge is 0.481 e. The van der Waals surface area contributed by atoms with E-state index in [0.29, 0.717) is 26.3 Å². The number of amides is 2. The number of carboxylic acids is 1. The Balaban J connectivity index is 2.00. The maximum atomic E-state index is 12.4. The lowest BCUT2D eigenvalue weighted by Gasteiger charge is -2.44. The summed E-state index contributed by atoms with van der Waals surface area (Å²) < 4.78 is 5.25. The SMILES string of the molecule is CN(C(=O)NN1CCOCC1)C1(CC(=O)O)CCCCC1. The van der Waals surface area contributed by atoms with Crippen molar-refractivity contribution < 1.29 is 19.4 Å². The van der Waals surface area contributed by atoms with E-state index in [1.807, 2.05) is 5.01 Å². The summed E-state index contributed by atoms with van der Waals surface area (Å²) in [7, 11) is 1.71. The first-order valence-corrected chi connectivity index (χ1v) is 7.62. The first kappa shape index (κ1) is 16.0. The van der Waals surface area contributed by atoms with E-state index in [2.05, 4.69) is 5.43 Å². The van der Waals surface area contributed by atoms with Gasteiger partial charge in [0.1, 0.15) is 0 Å². The Kier molecular flexibility index (Phi) is 5.41. The van der Waals surface area contributed by atoms with Gasteiger partial charge in [-0.15, -0.1) is 0 Å². The number of aliphatic carboxylic acids is 1. The number of morpholine rings is 1. The minimum absolute atomic E-state index is 0.0139. The summed E-state index contributed by atoms with van der Waals surface area (Å²) >= 11 is 0. The highest BCUT2D eigenvalue weighted by Gasteiger charge is 2.40. The van der Waals surface area contributed by atoms with Crippen LogP contribution in [0.5, 0.6) is 0 Å². The Bertz CT molecular complexity index is 376. The molecule has 0 aromatic heterocycles. The number of nitrogens with zero attached hydrogens (tertiary/aromatic N) is 2. The van der Waals surface area contributed by atoms with Gasteiger partial charge < -0.3 is 14.7 Å². The van der Waals surface area contributed by atoms with Crippen molar-refractivity contribution in [3.8, 4) is 0 Å².